The van der Waals surface area contributed by atoms with Gasteiger partial charge in [-0.2, -0.15) is 0 Å². The van der Waals surface area contributed by atoms with Crippen molar-refractivity contribution in [3.05, 3.63) is 23.8 Å². The maximum Gasteiger partial charge on any atom is 0.231 e. The van der Waals surface area contributed by atoms with Crippen molar-refractivity contribution in [2.45, 2.75) is 26.3 Å². The maximum absolute atomic E-state index is 12.5. The first-order chi connectivity index (χ1) is 11.5. The van der Waals surface area contributed by atoms with E-state index in [-0.39, 0.29) is 30.2 Å². The molecule has 1 aromatic heterocycles. The Kier molecular flexibility index (Phi) is 4.82. The summed E-state index contributed by atoms with van der Waals surface area (Å²) in [7, 11) is 1.61. The number of amides is 2. The lowest BCUT2D eigenvalue weighted by atomic mass is 10.1. The van der Waals surface area contributed by atoms with Gasteiger partial charge in [-0.15, -0.1) is 0 Å². The number of carbonyl (C=O) groups excluding carboxylic acids is 2. The number of hydrogen-bond acceptors (Lipinski definition) is 5. The smallest absolute Gasteiger partial charge is 0.231 e. The highest BCUT2D eigenvalue weighted by Gasteiger charge is 2.36. The number of nitrogens with zero attached hydrogens (tertiary/aromatic N) is 2. The topological polar surface area (TPSA) is 71.5 Å². The van der Waals surface area contributed by atoms with E-state index in [4.69, 9.17) is 4.74 Å². The molecule has 128 valence electrons. The molecule has 2 amide bonds. The molecule has 6 nitrogen and oxygen atoms in total. The van der Waals surface area contributed by atoms with Crippen LogP contribution in [0.25, 0.3) is 10.2 Å². The first-order valence-electron chi connectivity index (χ1n) is 7.95. The maximum atomic E-state index is 12.5. The molecule has 0 saturated carbocycles. The SMILES string of the molecule is COC[C@H](C)N1C[C@@H](C(=O)Nc2nc3c(C)cccc3s2)CC1=O. The van der Waals surface area contributed by atoms with E-state index in [9.17, 15) is 9.59 Å². The standard InChI is InChI=1S/C17H21N3O3S/c1-10-5-4-6-13-15(10)18-17(24-13)19-16(22)12-7-14(21)20(8-12)11(2)9-23-3/h4-6,11-12H,7-9H2,1-3H3,(H,18,19,22)/t11-,12-/m0/s1. The molecule has 1 aliphatic heterocycles. The number of carbonyl (C=O) groups is 2. The number of benzene rings is 1. The Morgan fingerprint density at radius 1 is 1.54 bits per heavy atom. The van der Waals surface area contributed by atoms with Crippen LogP contribution in [0.5, 0.6) is 0 Å². The van der Waals surface area contributed by atoms with Gasteiger partial charge in [0.25, 0.3) is 0 Å². The average molecular weight is 347 g/mol. The normalized spacial score (nSPS) is 19.0. The van der Waals surface area contributed by atoms with E-state index in [1.807, 2.05) is 32.0 Å². The van der Waals surface area contributed by atoms with Gasteiger partial charge in [-0.05, 0) is 25.5 Å². The van der Waals surface area contributed by atoms with Crippen molar-refractivity contribution in [2.75, 3.05) is 25.6 Å². The number of para-hydroxylation sites is 1. The molecular formula is C17H21N3O3S. The van der Waals surface area contributed by atoms with Crippen LogP contribution in [0.15, 0.2) is 18.2 Å². The van der Waals surface area contributed by atoms with Gasteiger partial charge in [-0.25, -0.2) is 4.98 Å². The summed E-state index contributed by atoms with van der Waals surface area (Å²) in [6.45, 7) is 4.83. The Morgan fingerprint density at radius 3 is 3.04 bits per heavy atom. The molecule has 1 saturated heterocycles. The summed E-state index contributed by atoms with van der Waals surface area (Å²) in [4.78, 5) is 30.8. The summed E-state index contributed by atoms with van der Waals surface area (Å²) in [5.74, 6) is -0.489. The summed E-state index contributed by atoms with van der Waals surface area (Å²) in [5, 5.41) is 3.45. The molecule has 0 aliphatic carbocycles. The Morgan fingerprint density at radius 2 is 2.33 bits per heavy atom. The van der Waals surface area contributed by atoms with Crippen molar-refractivity contribution >= 4 is 38.5 Å². The highest BCUT2D eigenvalue weighted by molar-refractivity contribution is 7.22. The zero-order chi connectivity index (χ0) is 17.3. The summed E-state index contributed by atoms with van der Waals surface area (Å²) in [6.07, 6.45) is 0.240. The van der Waals surface area contributed by atoms with Crippen LogP contribution in [0, 0.1) is 12.8 Å². The largest absolute Gasteiger partial charge is 0.383 e. The second-order valence-electron chi connectivity index (χ2n) is 6.18. The van der Waals surface area contributed by atoms with Crippen LogP contribution in [0.3, 0.4) is 0 Å². The fourth-order valence-electron chi connectivity index (χ4n) is 3.01. The minimum Gasteiger partial charge on any atom is -0.383 e. The van der Waals surface area contributed by atoms with Crippen LogP contribution in [-0.4, -0.2) is 48.0 Å². The first-order valence-corrected chi connectivity index (χ1v) is 8.76. The lowest BCUT2D eigenvalue weighted by molar-refractivity contribution is -0.130. The van der Waals surface area contributed by atoms with Crippen molar-refractivity contribution in [3.63, 3.8) is 0 Å². The van der Waals surface area contributed by atoms with Crippen molar-refractivity contribution in [1.82, 2.24) is 9.88 Å². The zero-order valence-corrected chi connectivity index (χ0v) is 14.9. The van der Waals surface area contributed by atoms with Gasteiger partial charge in [0.2, 0.25) is 11.8 Å². The number of rotatable bonds is 5. The van der Waals surface area contributed by atoms with Gasteiger partial charge in [0, 0.05) is 20.1 Å². The Balaban J connectivity index is 1.68. The predicted octanol–water partition coefficient (Wildman–Crippen LogP) is 2.43. The lowest BCUT2D eigenvalue weighted by Gasteiger charge is -2.23. The molecule has 2 atom stereocenters. The van der Waals surface area contributed by atoms with E-state index in [1.165, 1.54) is 11.3 Å². The first kappa shape index (κ1) is 16.9. The summed E-state index contributed by atoms with van der Waals surface area (Å²) >= 11 is 1.45. The summed E-state index contributed by atoms with van der Waals surface area (Å²) in [5.41, 5.74) is 2.00. The number of hydrogen-bond donors (Lipinski definition) is 1. The molecule has 2 aromatic rings. The Hall–Kier alpha value is -1.99. The van der Waals surface area contributed by atoms with Gasteiger partial charge in [0.15, 0.2) is 5.13 Å². The van der Waals surface area contributed by atoms with Crippen LogP contribution >= 0.6 is 11.3 Å². The third-order valence-corrected chi connectivity index (χ3v) is 5.26. The highest BCUT2D eigenvalue weighted by Crippen LogP contribution is 2.29. The third-order valence-electron chi connectivity index (χ3n) is 4.32. The van der Waals surface area contributed by atoms with Gasteiger partial charge in [0.05, 0.1) is 28.8 Å². The third kappa shape index (κ3) is 3.27. The van der Waals surface area contributed by atoms with E-state index in [0.717, 1.165) is 15.8 Å². The minimum atomic E-state index is -0.343. The fourth-order valence-corrected chi connectivity index (χ4v) is 3.96. The van der Waals surface area contributed by atoms with Crippen molar-refractivity contribution < 1.29 is 14.3 Å². The van der Waals surface area contributed by atoms with Gasteiger partial charge >= 0.3 is 0 Å². The molecular weight excluding hydrogens is 326 g/mol. The number of thiazole rings is 1. The monoisotopic (exact) mass is 347 g/mol. The minimum absolute atomic E-state index is 0.000144. The molecule has 1 aromatic carbocycles. The van der Waals surface area contributed by atoms with E-state index < -0.39 is 0 Å². The molecule has 0 spiro atoms. The van der Waals surface area contributed by atoms with Crippen molar-refractivity contribution in [3.8, 4) is 0 Å². The molecule has 24 heavy (non-hydrogen) atoms. The van der Waals surface area contributed by atoms with Crippen LogP contribution in [0.2, 0.25) is 0 Å². The molecule has 7 heteroatoms. The second kappa shape index (κ2) is 6.86. The van der Waals surface area contributed by atoms with Gasteiger partial charge in [-0.3, -0.25) is 9.59 Å². The van der Waals surface area contributed by atoms with E-state index in [1.54, 1.807) is 12.0 Å². The van der Waals surface area contributed by atoms with E-state index in [0.29, 0.717) is 18.3 Å². The second-order valence-corrected chi connectivity index (χ2v) is 7.21. The van der Waals surface area contributed by atoms with Crippen LogP contribution in [0.4, 0.5) is 5.13 Å². The van der Waals surface area contributed by atoms with Crippen molar-refractivity contribution in [1.29, 1.82) is 0 Å². The van der Waals surface area contributed by atoms with E-state index >= 15 is 0 Å². The molecule has 0 unspecified atom stereocenters. The van der Waals surface area contributed by atoms with Gasteiger partial charge < -0.3 is 15.0 Å². The summed E-state index contributed by atoms with van der Waals surface area (Å²) < 4.78 is 6.14. The fraction of sp³-hybridized carbons (Fsp3) is 0.471. The zero-order valence-electron chi connectivity index (χ0n) is 14.0. The predicted molar refractivity (Wildman–Crippen MR) is 94.1 cm³/mol. The lowest BCUT2D eigenvalue weighted by Crippen LogP contribution is -2.38. The summed E-state index contributed by atoms with van der Waals surface area (Å²) in [6, 6.07) is 5.94. The number of likely N-dealkylation sites (tertiary alicyclic amines) is 1. The van der Waals surface area contributed by atoms with Crippen LogP contribution in [-0.2, 0) is 14.3 Å². The number of fused-ring (bicyclic) bond motifs is 1. The molecule has 0 radical (unpaired) electrons. The molecule has 1 aliphatic rings. The quantitative estimate of drug-likeness (QED) is 0.902. The molecule has 1 N–H and O–H groups in total. The number of aromatic nitrogens is 1. The number of anilines is 1. The van der Waals surface area contributed by atoms with Gasteiger partial charge in [0.1, 0.15) is 0 Å². The Bertz CT molecular complexity index is 774. The van der Waals surface area contributed by atoms with Crippen LogP contribution in [0.1, 0.15) is 18.9 Å². The molecule has 0 bridgehead atoms. The number of nitrogens with one attached hydrogen (secondary N) is 1. The van der Waals surface area contributed by atoms with Crippen molar-refractivity contribution in [2.24, 2.45) is 5.92 Å². The molecule has 2 heterocycles. The highest BCUT2D eigenvalue weighted by atomic mass is 32.1. The molecule has 1 fully saturated rings. The number of methoxy groups -OCH3 is 1. The van der Waals surface area contributed by atoms with Crippen LogP contribution < -0.4 is 5.32 Å². The average Bonchev–Trinajstić information content (AvgIpc) is 3.11. The van der Waals surface area contributed by atoms with E-state index in [2.05, 4.69) is 10.3 Å². The number of ether oxygens (including phenoxy) is 1. The number of aryl methyl sites for hydroxylation is 1. The molecule has 3 rings (SSSR count). The Labute approximate surface area is 144 Å². The van der Waals surface area contributed by atoms with Gasteiger partial charge in [-0.1, -0.05) is 23.5 Å².